The average molecular weight is 125 g/mol. The molecule has 0 amide bonds. The molecule has 0 aromatic carbocycles. The lowest BCUT2D eigenvalue weighted by Gasteiger charge is -2.09. The standard InChI is InChI=1S/C4H9ClO2/c1-2-3-4(5,6)7/h6-7H,2-3H2,1H3. The minimum atomic E-state index is -1.98. The van der Waals surface area contributed by atoms with Crippen LogP contribution in [0.4, 0.5) is 0 Å². The maximum absolute atomic E-state index is 8.34. The molecule has 0 fully saturated rings. The Labute approximate surface area is 47.7 Å². The molecule has 0 saturated heterocycles. The molecule has 0 heterocycles. The molecule has 3 heteroatoms. The summed E-state index contributed by atoms with van der Waals surface area (Å²) in [5.41, 5.74) is 0. The number of alkyl halides is 1. The van der Waals surface area contributed by atoms with E-state index in [9.17, 15) is 0 Å². The zero-order valence-electron chi connectivity index (χ0n) is 4.19. The molecule has 0 atom stereocenters. The molecular formula is C4H9ClO2. The van der Waals surface area contributed by atoms with Crippen LogP contribution in [0.1, 0.15) is 19.8 Å². The largest absolute Gasteiger partial charge is 0.353 e. The van der Waals surface area contributed by atoms with Crippen molar-refractivity contribution >= 4 is 11.6 Å². The van der Waals surface area contributed by atoms with E-state index in [1.165, 1.54) is 0 Å². The lowest BCUT2D eigenvalue weighted by molar-refractivity contribution is -0.0895. The number of hydrogen-bond acceptors (Lipinski definition) is 2. The van der Waals surface area contributed by atoms with Crippen LogP contribution in [-0.4, -0.2) is 15.5 Å². The summed E-state index contributed by atoms with van der Waals surface area (Å²) < 4.78 is 0. The van der Waals surface area contributed by atoms with Gasteiger partial charge in [0.1, 0.15) is 0 Å². The van der Waals surface area contributed by atoms with E-state index in [4.69, 9.17) is 21.8 Å². The Morgan fingerprint density at radius 3 is 2.00 bits per heavy atom. The van der Waals surface area contributed by atoms with E-state index in [1.807, 2.05) is 6.92 Å². The van der Waals surface area contributed by atoms with Crippen molar-refractivity contribution in [1.82, 2.24) is 0 Å². The van der Waals surface area contributed by atoms with E-state index in [2.05, 4.69) is 0 Å². The van der Waals surface area contributed by atoms with Crippen LogP contribution in [0.3, 0.4) is 0 Å². The Morgan fingerprint density at radius 1 is 1.57 bits per heavy atom. The average Bonchev–Trinajstić information content (AvgIpc) is 1.30. The van der Waals surface area contributed by atoms with Crippen molar-refractivity contribution < 1.29 is 10.2 Å². The molecule has 0 rings (SSSR count). The van der Waals surface area contributed by atoms with Gasteiger partial charge >= 0.3 is 0 Å². The first-order valence-electron chi connectivity index (χ1n) is 2.20. The molecule has 2 nitrogen and oxygen atoms in total. The third-order valence-electron chi connectivity index (χ3n) is 0.568. The van der Waals surface area contributed by atoms with Gasteiger partial charge in [0.25, 0.3) is 0 Å². The van der Waals surface area contributed by atoms with Crippen LogP contribution in [0.15, 0.2) is 0 Å². The highest BCUT2D eigenvalue weighted by Crippen LogP contribution is 2.11. The van der Waals surface area contributed by atoms with Crippen molar-refractivity contribution in [3.8, 4) is 0 Å². The molecule has 0 aromatic rings. The van der Waals surface area contributed by atoms with Gasteiger partial charge in [-0.2, -0.15) is 0 Å². The second-order valence-corrected chi connectivity index (χ2v) is 2.07. The lowest BCUT2D eigenvalue weighted by atomic mass is 10.3. The number of hydrogen-bond donors (Lipinski definition) is 2. The minimum Gasteiger partial charge on any atom is -0.353 e. The van der Waals surface area contributed by atoms with Gasteiger partial charge in [-0.05, 0) is 6.42 Å². The Morgan fingerprint density at radius 2 is 2.00 bits per heavy atom. The molecule has 7 heavy (non-hydrogen) atoms. The van der Waals surface area contributed by atoms with E-state index in [-0.39, 0.29) is 6.42 Å². The normalized spacial score (nSPS) is 12.0. The van der Waals surface area contributed by atoms with Gasteiger partial charge < -0.3 is 10.2 Å². The van der Waals surface area contributed by atoms with Crippen LogP contribution < -0.4 is 0 Å². The van der Waals surface area contributed by atoms with Crippen molar-refractivity contribution in [2.24, 2.45) is 0 Å². The highest BCUT2D eigenvalue weighted by Gasteiger charge is 2.15. The van der Waals surface area contributed by atoms with Gasteiger partial charge in [-0.15, -0.1) is 0 Å². The van der Waals surface area contributed by atoms with Crippen LogP contribution >= 0.6 is 11.6 Å². The first-order chi connectivity index (χ1) is 3.06. The van der Waals surface area contributed by atoms with Gasteiger partial charge in [0, 0.05) is 6.42 Å². The van der Waals surface area contributed by atoms with Crippen LogP contribution in [-0.2, 0) is 0 Å². The molecule has 0 spiro atoms. The van der Waals surface area contributed by atoms with Crippen molar-refractivity contribution in [3.63, 3.8) is 0 Å². The van der Waals surface area contributed by atoms with E-state index in [0.717, 1.165) is 0 Å². The molecule has 0 saturated carbocycles. The van der Waals surface area contributed by atoms with Crippen LogP contribution in [0.25, 0.3) is 0 Å². The van der Waals surface area contributed by atoms with Crippen molar-refractivity contribution in [2.45, 2.75) is 25.0 Å². The van der Waals surface area contributed by atoms with Gasteiger partial charge in [-0.3, -0.25) is 0 Å². The van der Waals surface area contributed by atoms with Gasteiger partial charge in [-0.1, -0.05) is 18.5 Å². The SMILES string of the molecule is CCCC(O)(O)Cl. The maximum atomic E-state index is 8.34. The van der Waals surface area contributed by atoms with E-state index in [0.29, 0.717) is 6.42 Å². The first kappa shape index (κ1) is 7.21. The molecule has 0 aliphatic rings. The lowest BCUT2D eigenvalue weighted by Crippen LogP contribution is -2.17. The summed E-state index contributed by atoms with van der Waals surface area (Å²) >= 11 is 4.94. The fourth-order valence-corrected chi connectivity index (χ4v) is 0.507. The third-order valence-corrected chi connectivity index (χ3v) is 0.757. The highest BCUT2D eigenvalue weighted by atomic mass is 35.5. The van der Waals surface area contributed by atoms with Gasteiger partial charge in [0.05, 0.1) is 0 Å². The maximum Gasteiger partial charge on any atom is 0.243 e. The summed E-state index contributed by atoms with van der Waals surface area (Å²) in [6.45, 7) is 1.82. The quantitative estimate of drug-likeness (QED) is 0.420. The molecule has 0 bridgehead atoms. The van der Waals surface area contributed by atoms with Crippen LogP contribution in [0.2, 0.25) is 0 Å². The summed E-state index contributed by atoms with van der Waals surface area (Å²) in [6, 6.07) is 0. The fraction of sp³-hybridized carbons (Fsp3) is 1.00. The summed E-state index contributed by atoms with van der Waals surface area (Å²) in [4.78, 5) is 0. The number of rotatable bonds is 2. The first-order valence-corrected chi connectivity index (χ1v) is 2.57. The zero-order chi connectivity index (χ0) is 5.91. The molecular weight excluding hydrogens is 115 g/mol. The van der Waals surface area contributed by atoms with Gasteiger partial charge in [0.15, 0.2) is 0 Å². The molecule has 0 aromatic heterocycles. The summed E-state index contributed by atoms with van der Waals surface area (Å²) in [5, 5.41) is 14.7. The topological polar surface area (TPSA) is 40.5 Å². The Bertz CT molecular complexity index is 48.1. The second-order valence-electron chi connectivity index (χ2n) is 1.47. The fourth-order valence-electron chi connectivity index (χ4n) is 0.318. The predicted molar refractivity (Wildman–Crippen MR) is 27.9 cm³/mol. The molecule has 2 N–H and O–H groups in total. The molecule has 44 valence electrons. The van der Waals surface area contributed by atoms with Crippen LogP contribution in [0.5, 0.6) is 0 Å². The van der Waals surface area contributed by atoms with Crippen molar-refractivity contribution in [2.75, 3.05) is 0 Å². The summed E-state index contributed by atoms with van der Waals surface area (Å²) in [6.07, 6.45) is 0.894. The molecule has 0 aliphatic heterocycles. The predicted octanol–water partition coefficient (Wildman–Crippen LogP) is 0.664. The van der Waals surface area contributed by atoms with Crippen molar-refractivity contribution in [3.05, 3.63) is 0 Å². The number of aliphatic hydroxyl groups is 2. The van der Waals surface area contributed by atoms with E-state index >= 15 is 0 Å². The Hall–Kier alpha value is 0.210. The highest BCUT2D eigenvalue weighted by molar-refractivity contribution is 6.21. The molecule has 0 aliphatic carbocycles. The van der Waals surface area contributed by atoms with E-state index < -0.39 is 5.25 Å². The second kappa shape index (κ2) is 2.50. The molecule has 0 radical (unpaired) electrons. The number of halogens is 1. The van der Waals surface area contributed by atoms with Gasteiger partial charge in [-0.25, -0.2) is 0 Å². The van der Waals surface area contributed by atoms with Crippen molar-refractivity contribution in [1.29, 1.82) is 0 Å². The van der Waals surface area contributed by atoms with Crippen LogP contribution in [0, 0.1) is 0 Å². The third kappa shape index (κ3) is 6.21. The zero-order valence-corrected chi connectivity index (χ0v) is 4.94. The Balaban J connectivity index is 3.15. The minimum absolute atomic E-state index is 0.217. The Kier molecular flexibility index (Phi) is 2.58. The monoisotopic (exact) mass is 124 g/mol. The summed E-state index contributed by atoms with van der Waals surface area (Å²) in [7, 11) is 0. The smallest absolute Gasteiger partial charge is 0.243 e. The molecule has 0 unspecified atom stereocenters. The summed E-state index contributed by atoms with van der Waals surface area (Å²) in [5.74, 6) is 0. The van der Waals surface area contributed by atoms with Gasteiger partial charge in [0.2, 0.25) is 5.25 Å². The van der Waals surface area contributed by atoms with E-state index in [1.54, 1.807) is 0 Å².